The summed E-state index contributed by atoms with van der Waals surface area (Å²) in [6.07, 6.45) is 2.93. The number of aryl methyl sites for hydroxylation is 2. The fourth-order valence-electron chi connectivity index (χ4n) is 4.23. The molecule has 2 amide bonds. The smallest absolute Gasteiger partial charge is 0.261 e. The van der Waals surface area contributed by atoms with Crippen LogP contribution in [0.5, 0.6) is 0 Å². The number of benzene rings is 1. The van der Waals surface area contributed by atoms with Gasteiger partial charge >= 0.3 is 0 Å². The average Bonchev–Trinajstić information content (AvgIpc) is 3.43. The second kappa shape index (κ2) is 6.69. The van der Waals surface area contributed by atoms with Crippen molar-refractivity contribution in [2.45, 2.75) is 45.7 Å². The Bertz CT molecular complexity index is 1160. The van der Waals surface area contributed by atoms with Gasteiger partial charge < -0.3 is 10.2 Å². The third kappa shape index (κ3) is 3.04. The van der Waals surface area contributed by atoms with Gasteiger partial charge in [-0.1, -0.05) is 0 Å². The summed E-state index contributed by atoms with van der Waals surface area (Å²) in [5.74, 6) is 0.0692. The standard InChI is InChI=1S/C22H24N4O2S/c1-12-18(13(2)25(3)24-12)11-26(15-5-6-15)22(28)14-4-7-19-17(10-14)16-8-9-23-21(27)20(16)29-19/h4,7,10,15H,5-6,8-9,11H2,1-3H3,(H,23,27). The molecule has 3 aromatic rings. The molecule has 0 spiro atoms. The zero-order valence-electron chi connectivity index (χ0n) is 16.9. The highest BCUT2D eigenvalue weighted by Gasteiger charge is 2.34. The van der Waals surface area contributed by atoms with Gasteiger partial charge in [-0.25, -0.2) is 0 Å². The van der Waals surface area contributed by atoms with E-state index in [0.717, 1.165) is 56.7 Å². The van der Waals surface area contributed by atoms with E-state index in [9.17, 15) is 9.59 Å². The molecule has 0 atom stereocenters. The predicted octanol–water partition coefficient (Wildman–Crippen LogP) is 3.34. The van der Waals surface area contributed by atoms with Crippen molar-refractivity contribution in [1.29, 1.82) is 0 Å². The van der Waals surface area contributed by atoms with Crippen LogP contribution in [0.25, 0.3) is 10.1 Å². The zero-order chi connectivity index (χ0) is 20.3. The van der Waals surface area contributed by atoms with Crippen LogP contribution in [0.3, 0.4) is 0 Å². The lowest BCUT2D eigenvalue weighted by atomic mass is 10.0. The summed E-state index contributed by atoms with van der Waals surface area (Å²) in [6, 6.07) is 6.19. The van der Waals surface area contributed by atoms with Crippen LogP contribution < -0.4 is 5.32 Å². The van der Waals surface area contributed by atoms with E-state index in [2.05, 4.69) is 17.3 Å². The molecule has 2 aromatic heterocycles. The van der Waals surface area contributed by atoms with Crippen molar-refractivity contribution in [1.82, 2.24) is 20.0 Å². The van der Waals surface area contributed by atoms with Gasteiger partial charge in [0.2, 0.25) is 0 Å². The van der Waals surface area contributed by atoms with E-state index in [1.54, 1.807) is 0 Å². The van der Waals surface area contributed by atoms with Crippen LogP contribution >= 0.6 is 11.3 Å². The summed E-state index contributed by atoms with van der Waals surface area (Å²) in [5.41, 5.74) is 5.01. The molecular formula is C22H24N4O2S. The largest absolute Gasteiger partial charge is 0.351 e. The first-order valence-electron chi connectivity index (χ1n) is 10.1. The van der Waals surface area contributed by atoms with Crippen LogP contribution in [0.2, 0.25) is 0 Å². The second-order valence-electron chi connectivity index (χ2n) is 8.06. The maximum Gasteiger partial charge on any atom is 0.261 e. The quantitative estimate of drug-likeness (QED) is 0.720. The van der Waals surface area contributed by atoms with E-state index in [1.807, 2.05) is 41.8 Å². The van der Waals surface area contributed by atoms with Crippen LogP contribution in [0.4, 0.5) is 0 Å². The van der Waals surface area contributed by atoms with Crippen LogP contribution in [0, 0.1) is 13.8 Å². The Morgan fingerprint density at radius 2 is 2.14 bits per heavy atom. The van der Waals surface area contributed by atoms with Crippen molar-refractivity contribution in [2.24, 2.45) is 7.05 Å². The molecule has 7 heteroatoms. The summed E-state index contributed by atoms with van der Waals surface area (Å²) in [7, 11) is 1.94. The van der Waals surface area contributed by atoms with Crippen molar-refractivity contribution in [3.05, 3.63) is 51.2 Å². The van der Waals surface area contributed by atoms with Crippen molar-refractivity contribution in [3.8, 4) is 0 Å². The molecular weight excluding hydrogens is 384 g/mol. The Morgan fingerprint density at radius 3 is 2.83 bits per heavy atom. The van der Waals surface area contributed by atoms with E-state index in [1.165, 1.54) is 11.3 Å². The minimum atomic E-state index is 0.00228. The number of nitrogens with zero attached hydrogens (tertiary/aromatic N) is 3. The average molecular weight is 409 g/mol. The highest BCUT2D eigenvalue weighted by atomic mass is 32.1. The molecule has 29 heavy (non-hydrogen) atoms. The monoisotopic (exact) mass is 408 g/mol. The van der Waals surface area contributed by atoms with Crippen molar-refractivity contribution in [3.63, 3.8) is 0 Å². The van der Waals surface area contributed by atoms with Crippen molar-refractivity contribution >= 4 is 33.2 Å². The number of nitrogens with one attached hydrogen (secondary N) is 1. The number of hydrogen-bond acceptors (Lipinski definition) is 4. The Labute approximate surface area is 173 Å². The fourth-order valence-corrected chi connectivity index (χ4v) is 5.38. The number of thiophene rings is 1. The van der Waals surface area contributed by atoms with Gasteiger partial charge in [0.15, 0.2) is 0 Å². The molecule has 0 unspecified atom stereocenters. The first-order chi connectivity index (χ1) is 13.9. The molecule has 1 aromatic carbocycles. The molecule has 3 heterocycles. The normalized spacial score (nSPS) is 16.0. The Balaban J connectivity index is 1.51. The van der Waals surface area contributed by atoms with E-state index in [0.29, 0.717) is 24.7 Å². The van der Waals surface area contributed by atoms with E-state index in [4.69, 9.17) is 0 Å². The molecule has 2 aliphatic rings. The molecule has 5 rings (SSSR count). The lowest BCUT2D eigenvalue weighted by Crippen LogP contribution is -2.33. The number of fused-ring (bicyclic) bond motifs is 3. The topological polar surface area (TPSA) is 67.2 Å². The number of aromatic nitrogens is 2. The number of amides is 2. The molecule has 6 nitrogen and oxygen atoms in total. The summed E-state index contributed by atoms with van der Waals surface area (Å²) >= 11 is 1.52. The van der Waals surface area contributed by atoms with Crippen LogP contribution in [0.1, 0.15) is 55.4 Å². The molecule has 1 fully saturated rings. The van der Waals surface area contributed by atoms with E-state index < -0.39 is 0 Å². The molecule has 0 bridgehead atoms. The van der Waals surface area contributed by atoms with Crippen molar-refractivity contribution in [2.75, 3.05) is 6.54 Å². The Kier molecular flexibility index (Phi) is 4.24. The number of rotatable bonds is 4. The van der Waals surface area contributed by atoms with Crippen LogP contribution in [-0.4, -0.2) is 39.1 Å². The highest BCUT2D eigenvalue weighted by Crippen LogP contribution is 2.35. The number of carbonyl (C=O) groups is 2. The maximum absolute atomic E-state index is 13.5. The summed E-state index contributed by atoms with van der Waals surface area (Å²) < 4.78 is 2.95. The van der Waals surface area contributed by atoms with Gasteiger partial charge in [-0.3, -0.25) is 14.3 Å². The number of carbonyl (C=O) groups excluding carboxylic acids is 2. The van der Waals surface area contributed by atoms with Gasteiger partial charge in [-0.15, -0.1) is 11.3 Å². The van der Waals surface area contributed by atoms with Crippen LogP contribution in [0.15, 0.2) is 18.2 Å². The van der Waals surface area contributed by atoms with Gasteiger partial charge in [0.05, 0.1) is 10.6 Å². The van der Waals surface area contributed by atoms with Gasteiger partial charge in [-0.2, -0.15) is 5.10 Å². The zero-order valence-corrected chi connectivity index (χ0v) is 17.7. The van der Waals surface area contributed by atoms with Crippen LogP contribution in [-0.2, 0) is 20.0 Å². The third-order valence-corrected chi connectivity index (χ3v) is 7.35. The molecule has 1 aliphatic heterocycles. The SMILES string of the molecule is Cc1nn(C)c(C)c1CN(C(=O)c1ccc2sc3c(c2c1)CCNC3=O)C1CC1. The van der Waals surface area contributed by atoms with E-state index >= 15 is 0 Å². The second-order valence-corrected chi connectivity index (χ2v) is 9.12. The number of hydrogen-bond donors (Lipinski definition) is 1. The lowest BCUT2D eigenvalue weighted by Gasteiger charge is -2.23. The van der Waals surface area contributed by atoms with E-state index in [-0.39, 0.29) is 11.8 Å². The molecule has 1 N–H and O–H groups in total. The summed E-state index contributed by atoms with van der Waals surface area (Å²) in [5, 5.41) is 8.46. The minimum Gasteiger partial charge on any atom is -0.351 e. The molecule has 0 radical (unpaired) electrons. The maximum atomic E-state index is 13.5. The first-order valence-corrected chi connectivity index (χ1v) is 10.9. The van der Waals surface area contributed by atoms with Gasteiger partial charge in [0.1, 0.15) is 0 Å². The summed E-state index contributed by atoms with van der Waals surface area (Å²) in [4.78, 5) is 28.4. The minimum absolute atomic E-state index is 0.00228. The van der Waals surface area contributed by atoms with Crippen molar-refractivity contribution < 1.29 is 9.59 Å². The third-order valence-electron chi connectivity index (χ3n) is 6.14. The lowest BCUT2D eigenvalue weighted by molar-refractivity contribution is 0.0729. The Morgan fingerprint density at radius 1 is 1.34 bits per heavy atom. The van der Waals surface area contributed by atoms with Gasteiger partial charge in [0.25, 0.3) is 11.8 Å². The highest BCUT2D eigenvalue weighted by molar-refractivity contribution is 7.21. The Hall–Kier alpha value is -2.67. The first kappa shape index (κ1) is 18.4. The molecule has 1 aliphatic carbocycles. The van der Waals surface area contributed by atoms with Gasteiger partial charge in [-0.05, 0) is 62.3 Å². The molecule has 0 saturated heterocycles. The predicted molar refractivity (Wildman–Crippen MR) is 113 cm³/mol. The summed E-state index contributed by atoms with van der Waals surface area (Å²) in [6.45, 7) is 5.31. The molecule has 150 valence electrons. The fraction of sp³-hybridized carbons (Fsp3) is 0.409. The molecule has 1 saturated carbocycles. The van der Waals surface area contributed by atoms with Gasteiger partial charge in [0, 0.05) is 47.7 Å².